The molecule has 0 spiro atoms. The molecule has 0 aromatic heterocycles. The van der Waals surface area contributed by atoms with Crippen molar-refractivity contribution in [3.63, 3.8) is 0 Å². The van der Waals surface area contributed by atoms with Gasteiger partial charge in [0.25, 0.3) is 0 Å². The van der Waals surface area contributed by atoms with Gasteiger partial charge >= 0.3 is 0 Å². The van der Waals surface area contributed by atoms with Gasteiger partial charge in [0.15, 0.2) is 6.29 Å². The van der Waals surface area contributed by atoms with Crippen LogP contribution >= 0.6 is 0 Å². The molecule has 17 heavy (non-hydrogen) atoms. The van der Waals surface area contributed by atoms with Crippen molar-refractivity contribution < 1.29 is 18.6 Å². The summed E-state index contributed by atoms with van der Waals surface area (Å²) in [5, 5.41) is 0. The molecule has 0 saturated carbocycles. The van der Waals surface area contributed by atoms with Gasteiger partial charge in [-0.15, -0.1) is 0 Å². The SMILES string of the molecule is Fc1ccccc1COCCC1OCCCO1. The summed E-state index contributed by atoms with van der Waals surface area (Å²) in [5.41, 5.74) is 0.581. The average Bonchev–Trinajstić information content (AvgIpc) is 2.38. The zero-order valence-corrected chi connectivity index (χ0v) is 9.73. The Morgan fingerprint density at radius 3 is 2.76 bits per heavy atom. The van der Waals surface area contributed by atoms with E-state index >= 15 is 0 Å². The van der Waals surface area contributed by atoms with Crippen molar-refractivity contribution >= 4 is 0 Å². The molecule has 0 radical (unpaired) electrons. The molecule has 4 heteroatoms. The Morgan fingerprint density at radius 1 is 1.24 bits per heavy atom. The molecule has 94 valence electrons. The van der Waals surface area contributed by atoms with Gasteiger partial charge in [-0.25, -0.2) is 4.39 Å². The van der Waals surface area contributed by atoms with Crippen LogP contribution in [0.2, 0.25) is 0 Å². The molecule has 0 atom stereocenters. The summed E-state index contributed by atoms with van der Waals surface area (Å²) in [6.07, 6.45) is 1.48. The molecule has 1 heterocycles. The van der Waals surface area contributed by atoms with Gasteiger partial charge in [-0.1, -0.05) is 18.2 Å². The maximum Gasteiger partial charge on any atom is 0.159 e. The monoisotopic (exact) mass is 240 g/mol. The molecule has 0 amide bonds. The zero-order chi connectivity index (χ0) is 11.9. The Balaban J connectivity index is 1.64. The molecule has 3 nitrogen and oxygen atoms in total. The van der Waals surface area contributed by atoms with Crippen molar-refractivity contribution in [1.29, 1.82) is 0 Å². The standard InChI is InChI=1S/C13H17FO3/c14-12-5-2-1-4-11(12)10-15-9-6-13-16-7-3-8-17-13/h1-2,4-5,13H,3,6-10H2. The molecule has 1 saturated heterocycles. The molecule has 0 N–H and O–H groups in total. The Hall–Kier alpha value is -0.970. The van der Waals surface area contributed by atoms with E-state index in [0.29, 0.717) is 25.2 Å². The summed E-state index contributed by atoms with van der Waals surface area (Å²) in [6.45, 7) is 2.30. The van der Waals surface area contributed by atoms with Crippen molar-refractivity contribution in [3.05, 3.63) is 35.6 Å². The van der Waals surface area contributed by atoms with Gasteiger partial charge in [-0.3, -0.25) is 0 Å². The number of hydrogen-bond acceptors (Lipinski definition) is 3. The highest BCUT2D eigenvalue weighted by molar-refractivity contribution is 5.16. The van der Waals surface area contributed by atoms with Crippen LogP contribution in [0.1, 0.15) is 18.4 Å². The first-order chi connectivity index (χ1) is 8.36. The van der Waals surface area contributed by atoms with Gasteiger partial charge in [-0.2, -0.15) is 0 Å². The lowest BCUT2D eigenvalue weighted by atomic mass is 10.2. The van der Waals surface area contributed by atoms with E-state index in [2.05, 4.69) is 0 Å². The predicted molar refractivity (Wildman–Crippen MR) is 61.0 cm³/mol. The molecule has 1 aliphatic rings. The minimum atomic E-state index is -0.224. The largest absolute Gasteiger partial charge is 0.376 e. The normalized spacial score (nSPS) is 17.2. The number of benzene rings is 1. The summed E-state index contributed by atoms with van der Waals surface area (Å²) in [6, 6.07) is 6.63. The topological polar surface area (TPSA) is 27.7 Å². The van der Waals surface area contributed by atoms with Crippen LogP contribution in [0, 0.1) is 5.82 Å². The summed E-state index contributed by atoms with van der Waals surface area (Å²) >= 11 is 0. The number of hydrogen-bond donors (Lipinski definition) is 0. The second-order valence-corrected chi connectivity index (χ2v) is 3.96. The van der Waals surface area contributed by atoms with E-state index in [4.69, 9.17) is 14.2 Å². The van der Waals surface area contributed by atoms with Gasteiger partial charge in [0.1, 0.15) is 5.82 Å². The quantitative estimate of drug-likeness (QED) is 0.740. The van der Waals surface area contributed by atoms with Gasteiger partial charge < -0.3 is 14.2 Å². The summed E-state index contributed by atoms with van der Waals surface area (Å²) in [4.78, 5) is 0. The van der Waals surface area contributed by atoms with Gasteiger partial charge in [-0.05, 0) is 12.5 Å². The highest BCUT2D eigenvalue weighted by Gasteiger charge is 2.13. The maximum atomic E-state index is 13.2. The molecular formula is C13H17FO3. The first kappa shape index (κ1) is 12.5. The summed E-state index contributed by atoms with van der Waals surface area (Å²) in [5.74, 6) is -0.224. The van der Waals surface area contributed by atoms with Crippen LogP contribution in [0.5, 0.6) is 0 Å². The van der Waals surface area contributed by atoms with Gasteiger partial charge in [0.2, 0.25) is 0 Å². The Labute approximate surface area is 100 Å². The van der Waals surface area contributed by atoms with Crippen LogP contribution in [0.3, 0.4) is 0 Å². The van der Waals surface area contributed by atoms with Crippen molar-refractivity contribution in [2.45, 2.75) is 25.7 Å². The molecule has 1 aromatic rings. The van der Waals surface area contributed by atoms with E-state index in [1.54, 1.807) is 18.2 Å². The average molecular weight is 240 g/mol. The summed E-state index contributed by atoms with van der Waals surface area (Å²) in [7, 11) is 0. The van der Waals surface area contributed by atoms with E-state index in [9.17, 15) is 4.39 Å². The van der Waals surface area contributed by atoms with Crippen LogP contribution in [0.15, 0.2) is 24.3 Å². The van der Waals surface area contributed by atoms with Crippen LogP contribution in [0.4, 0.5) is 4.39 Å². The first-order valence-corrected chi connectivity index (χ1v) is 5.90. The Morgan fingerprint density at radius 2 is 2.00 bits per heavy atom. The molecule has 1 fully saturated rings. The van der Waals surface area contributed by atoms with E-state index in [1.165, 1.54) is 6.07 Å². The molecular weight excluding hydrogens is 223 g/mol. The first-order valence-electron chi connectivity index (χ1n) is 5.90. The number of ether oxygens (including phenoxy) is 3. The lowest BCUT2D eigenvalue weighted by molar-refractivity contribution is -0.186. The highest BCUT2D eigenvalue weighted by Crippen LogP contribution is 2.11. The lowest BCUT2D eigenvalue weighted by Gasteiger charge is -2.22. The number of rotatable bonds is 5. The van der Waals surface area contributed by atoms with Crippen molar-refractivity contribution in [2.24, 2.45) is 0 Å². The molecule has 1 aromatic carbocycles. The fraction of sp³-hybridized carbons (Fsp3) is 0.538. The van der Waals surface area contributed by atoms with E-state index in [0.717, 1.165) is 19.6 Å². The minimum Gasteiger partial charge on any atom is -0.376 e. The maximum absolute atomic E-state index is 13.2. The van der Waals surface area contributed by atoms with Crippen molar-refractivity contribution in [1.82, 2.24) is 0 Å². The van der Waals surface area contributed by atoms with Crippen LogP contribution in [-0.2, 0) is 20.8 Å². The van der Waals surface area contributed by atoms with Gasteiger partial charge in [0.05, 0.1) is 26.4 Å². The fourth-order valence-electron chi connectivity index (χ4n) is 1.68. The third kappa shape index (κ3) is 4.07. The molecule has 0 aliphatic carbocycles. The molecule has 0 bridgehead atoms. The second kappa shape index (κ2) is 6.69. The highest BCUT2D eigenvalue weighted by atomic mass is 19.1. The second-order valence-electron chi connectivity index (χ2n) is 3.96. The predicted octanol–water partition coefficient (Wildman–Crippen LogP) is 2.50. The Bertz CT molecular complexity index is 337. The van der Waals surface area contributed by atoms with Gasteiger partial charge in [0, 0.05) is 12.0 Å². The summed E-state index contributed by atoms with van der Waals surface area (Å²) < 4.78 is 29.4. The van der Waals surface area contributed by atoms with E-state index < -0.39 is 0 Å². The van der Waals surface area contributed by atoms with E-state index in [-0.39, 0.29) is 12.1 Å². The van der Waals surface area contributed by atoms with Crippen molar-refractivity contribution in [2.75, 3.05) is 19.8 Å². The third-order valence-electron chi connectivity index (χ3n) is 2.61. The minimum absolute atomic E-state index is 0.163. The zero-order valence-electron chi connectivity index (χ0n) is 9.73. The molecule has 1 aliphatic heterocycles. The molecule has 0 unspecified atom stereocenters. The van der Waals surface area contributed by atoms with E-state index in [1.807, 2.05) is 0 Å². The fourth-order valence-corrected chi connectivity index (χ4v) is 1.68. The van der Waals surface area contributed by atoms with Crippen LogP contribution in [0.25, 0.3) is 0 Å². The smallest absolute Gasteiger partial charge is 0.159 e. The third-order valence-corrected chi connectivity index (χ3v) is 2.61. The molecule has 2 rings (SSSR count). The van der Waals surface area contributed by atoms with Crippen LogP contribution < -0.4 is 0 Å². The number of halogens is 1. The Kier molecular flexibility index (Phi) is 4.91. The lowest BCUT2D eigenvalue weighted by Crippen LogP contribution is -2.26. The van der Waals surface area contributed by atoms with Crippen molar-refractivity contribution in [3.8, 4) is 0 Å². The van der Waals surface area contributed by atoms with Crippen LogP contribution in [-0.4, -0.2) is 26.1 Å².